The Balaban J connectivity index is 1.94. The van der Waals surface area contributed by atoms with E-state index in [4.69, 9.17) is 4.42 Å². The number of aliphatic hydroxyl groups is 1. The number of rotatable bonds is 5. The van der Waals surface area contributed by atoms with Gasteiger partial charge >= 0.3 is 0 Å². The van der Waals surface area contributed by atoms with Crippen molar-refractivity contribution in [1.82, 2.24) is 5.32 Å². The maximum atomic E-state index is 9.40. The zero-order valence-corrected chi connectivity index (χ0v) is 9.42. The van der Waals surface area contributed by atoms with Gasteiger partial charge < -0.3 is 14.8 Å². The van der Waals surface area contributed by atoms with E-state index in [-0.39, 0.29) is 12.1 Å². The molecule has 0 radical (unpaired) electrons. The molecule has 1 aromatic rings. The lowest BCUT2D eigenvalue weighted by Crippen LogP contribution is -2.47. The normalized spacial score (nSPS) is 20.2. The molecule has 15 heavy (non-hydrogen) atoms. The Bertz CT molecular complexity index is 330. The molecule has 0 spiro atoms. The second kappa shape index (κ2) is 3.99. The molecule has 84 valence electrons. The van der Waals surface area contributed by atoms with Gasteiger partial charge in [0.05, 0.1) is 19.4 Å². The molecule has 2 N–H and O–H groups in total. The Hall–Kier alpha value is -0.800. The summed E-state index contributed by atoms with van der Waals surface area (Å²) in [5.41, 5.74) is 1.03. The van der Waals surface area contributed by atoms with Gasteiger partial charge in [0.2, 0.25) is 0 Å². The standard InChI is InChI=1S/C12H19NO2/c1-9-5-6-15-11(9)7-13-12(2,8-14)10-3-4-10/h5-6,10,13-14H,3-4,7-8H2,1-2H3. The predicted molar refractivity (Wildman–Crippen MR) is 58.5 cm³/mol. The van der Waals surface area contributed by atoms with Crippen molar-refractivity contribution in [2.45, 2.75) is 38.8 Å². The SMILES string of the molecule is Cc1ccoc1CNC(C)(CO)C1CC1. The minimum absolute atomic E-state index is 0.140. The molecule has 1 aromatic heterocycles. The molecule has 0 aliphatic heterocycles. The Labute approximate surface area is 90.5 Å². The summed E-state index contributed by atoms with van der Waals surface area (Å²) in [4.78, 5) is 0. The van der Waals surface area contributed by atoms with E-state index in [1.54, 1.807) is 6.26 Å². The summed E-state index contributed by atoms with van der Waals surface area (Å²) in [5, 5.41) is 12.8. The molecular formula is C12H19NO2. The summed E-state index contributed by atoms with van der Waals surface area (Å²) < 4.78 is 5.36. The Morgan fingerprint density at radius 2 is 2.33 bits per heavy atom. The van der Waals surface area contributed by atoms with Crippen molar-refractivity contribution in [3.63, 3.8) is 0 Å². The average molecular weight is 209 g/mol. The molecule has 1 unspecified atom stereocenters. The summed E-state index contributed by atoms with van der Waals surface area (Å²) in [6, 6.07) is 1.96. The van der Waals surface area contributed by atoms with Crippen LogP contribution in [-0.4, -0.2) is 17.3 Å². The Morgan fingerprint density at radius 1 is 1.60 bits per heavy atom. The highest BCUT2D eigenvalue weighted by Gasteiger charge is 2.40. The lowest BCUT2D eigenvalue weighted by atomic mass is 9.97. The summed E-state index contributed by atoms with van der Waals surface area (Å²) >= 11 is 0. The fourth-order valence-corrected chi connectivity index (χ4v) is 1.92. The molecule has 1 atom stereocenters. The molecule has 1 aliphatic rings. The summed E-state index contributed by atoms with van der Waals surface area (Å²) in [5.74, 6) is 1.59. The van der Waals surface area contributed by atoms with Gasteiger partial charge in [0.1, 0.15) is 5.76 Å². The number of hydrogen-bond donors (Lipinski definition) is 2. The molecule has 1 aliphatic carbocycles. The van der Waals surface area contributed by atoms with Crippen LogP contribution in [-0.2, 0) is 6.54 Å². The fraction of sp³-hybridized carbons (Fsp3) is 0.667. The molecule has 3 nitrogen and oxygen atoms in total. The van der Waals surface area contributed by atoms with E-state index < -0.39 is 0 Å². The lowest BCUT2D eigenvalue weighted by Gasteiger charge is -2.28. The number of furan rings is 1. The molecule has 2 rings (SSSR count). The average Bonchev–Trinajstić information content (AvgIpc) is 3.01. The van der Waals surface area contributed by atoms with Crippen molar-refractivity contribution in [1.29, 1.82) is 0 Å². The van der Waals surface area contributed by atoms with Gasteiger partial charge in [0, 0.05) is 5.54 Å². The second-order valence-electron chi connectivity index (χ2n) is 4.73. The predicted octanol–water partition coefficient (Wildman–Crippen LogP) is 1.84. The van der Waals surface area contributed by atoms with Crippen LogP contribution in [0.15, 0.2) is 16.7 Å². The van der Waals surface area contributed by atoms with Gasteiger partial charge in [0.15, 0.2) is 0 Å². The van der Waals surface area contributed by atoms with E-state index >= 15 is 0 Å². The zero-order chi connectivity index (χ0) is 10.9. The van der Waals surface area contributed by atoms with Crippen molar-refractivity contribution in [3.8, 4) is 0 Å². The van der Waals surface area contributed by atoms with Crippen LogP contribution in [0.1, 0.15) is 31.1 Å². The van der Waals surface area contributed by atoms with E-state index in [0.29, 0.717) is 12.5 Å². The van der Waals surface area contributed by atoms with E-state index in [0.717, 1.165) is 5.76 Å². The third-order valence-corrected chi connectivity index (χ3v) is 3.43. The van der Waals surface area contributed by atoms with Gasteiger partial charge in [-0.05, 0) is 44.2 Å². The number of hydrogen-bond acceptors (Lipinski definition) is 3. The smallest absolute Gasteiger partial charge is 0.120 e. The van der Waals surface area contributed by atoms with Crippen molar-refractivity contribution < 1.29 is 9.52 Å². The van der Waals surface area contributed by atoms with Crippen LogP contribution >= 0.6 is 0 Å². The highest BCUT2D eigenvalue weighted by molar-refractivity contribution is 5.14. The van der Waals surface area contributed by atoms with Crippen molar-refractivity contribution in [2.75, 3.05) is 6.61 Å². The van der Waals surface area contributed by atoms with E-state index in [1.165, 1.54) is 18.4 Å². The third kappa shape index (κ3) is 2.24. The first-order chi connectivity index (χ1) is 7.15. The molecular weight excluding hydrogens is 190 g/mol. The van der Waals surface area contributed by atoms with Crippen LogP contribution < -0.4 is 5.32 Å². The quantitative estimate of drug-likeness (QED) is 0.777. The molecule has 3 heteroatoms. The van der Waals surface area contributed by atoms with Gasteiger partial charge in [-0.1, -0.05) is 0 Å². The summed E-state index contributed by atoms with van der Waals surface area (Å²) in [7, 11) is 0. The third-order valence-electron chi connectivity index (χ3n) is 3.43. The van der Waals surface area contributed by atoms with Gasteiger partial charge in [-0.15, -0.1) is 0 Å². The van der Waals surface area contributed by atoms with Crippen LogP contribution in [0, 0.1) is 12.8 Å². The molecule has 0 amide bonds. The maximum absolute atomic E-state index is 9.40. The molecule has 1 fully saturated rings. The highest BCUT2D eigenvalue weighted by Crippen LogP contribution is 2.39. The Kier molecular flexibility index (Phi) is 2.85. The largest absolute Gasteiger partial charge is 0.468 e. The second-order valence-corrected chi connectivity index (χ2v) is 4.73. The molecule has 1 heterocycles. The van der Waals surface area contributed by atoms with Gasteiger partial charge in [-0.2, -0.15) is 0 Å². The van der Waals surface area contributed by atoms with Crippen molar-refractivity contribution in [2.24, 2.45) is 5.92 Å². The van der Waals surface area contributed by atoms with Gasteiger partial charge in [-0.25, -0.2) is 0 Å². The van der Waals surface area contributed by atoms with Crippen LogP contribution in [0.2, 0.25) is 0 Å². The molecule has 0 bridgehead atoms. The number of nitrogens with one attached hydrogen (secondary N) is 1. The first kappa shape index (κ1) is 10.7. The van der Waals surface area contributed by atoms with Crippen LogP contribution in [0.3, 0.4) is 0 Å². The monoisotopic (exact) mass is 209 g/mol. The minimum Gasteiger partial charge on any atom is -0.468 e. The molecule has 0 saturated heterocycles. The zero-order valence-electron chi connectivity index (χ0n) is 9.42. The summed E-state index contributed by atoms with van der Waals surface area (Å²) in [6.45, 7) is 5.01. The van der Waals surface area contributed by atoms with Crippen LogP contribution in [0.25, 0.3) is 0 Å². The van der Waals surface area contributed by atoms with E-state index in [2.05, 4.69) is 12.2 Å². The van der Waals surface area contributed by atoms with E-state index in [1.807, 2.05) is 13.0 Å². The highest BCUT2D eigenvalue weighted by atomic mass is 16.3. The van der Waals surface area contributed by atoms with Crippen molar-refractivity contribution in [3.05, 3.63) is 23.7 Å². The minimum atomic E-state index is -0.140. The lowest BCUT2D eigenvalue weighted by molar-refractivity contribution is 0.151. The van der Waals surface area contributed by atoms with Gasteiger partial charge in [0.25, 0.3) is 0 Å². The number of aliphatic hydroxyl groups excluding tert-OH is 1. The first-order valence-electron chi connectivity index (χ1n) is 5.54. The van der Waals surface area contributed by atoms with E-state index in [9.17, 15) is 5.11 Å². The summed E-state index contributed by atoms with van der Waals surface area (Å²) in [6.07, 6.45) is 4.15. The molecule has 0 aromatic carbocycles. The fourth-order valence-electron chi connectivity index (χ4n) is 1.92. The maximum Gasteiger partial charge on any atom is 0.120 e. The topological polar surface area (TPSA) is 45.4 Å². The van der Waals surface area contributed by atoms with Crippen LogP contribution in [0.4, 0.5) is 0 Å². The van der Waals surface area contributed by atoms with Gasteiger partial charge in [-0.3, -0.25) is 0 Å². The van der Waals surface area contributed by atoms with Crippen molar-refractivity contribution >= 4 is 0 Å². The van der Waals surface area contributed by atoms with Crippen LogP contribution in [0.5, 0.6) is 0 Å². The first-order valence-corrected chi connectivity index (χ1v) is 5.54. The Morgan fingerprint density at radius 3 is 2.80 bits per heavy atom. The molecule has 1 saturated carbocycles. The number of aryl methyl sites for hydroxylation is 1.